The topological polar surface area (TPSA) is 171 Å². The van der Waals surface area contributed by atoms with E-state index in [0.717, 1.165) is 57.3 Å². The predicted octanol–water partition coefficient (Wildman–Crippen LogP) is 6.86. The van der Waals surface area contributed by atoms with Crippen LogP contribution in [0.4, 0.5) is 5.69 Å². The van der Waals surface area contributed by atoms with E-state index in [9.17, 15) is 38.9 Å². The van der Waals surface area contributed by atoms with Gasteiger partial charge < -0.3 is 4.57 Å². The average molecular weight is 810 g/mol. The van der Waals surface area contributed by atoms with Gasteiger partial charge in [-0.05, 0) is 79.0 Å². The quantitative estimate of drug-likeness (QED) is 0.0900. The minimum atomic E-state index is -4.53. The number of nitrogens with zero attached hydrogens (tertiary/aromatic N) is 2. The highest BCUT2D eigenvalue weighted by Gasteiger charge is 2.31. The molecule has 0 radical (unpaired) electrons. The van der Waals surface area contributed by atoms with Crippen molar-refractivity contribution in [2.45, 2.75) is 50.5 Å². The molecule has 0 spiro atoms. The van der Waals surface area contributed by atoms with Gasteiger partial charge in [0.25, 0.3) is 30.4 Å². The molecule has 4 aromatic carbocycles. The highest BCUT2D eigenvalue weighted by atomic mass is 35.5. The van der Waals surface area contributed by atoms with Crippen LogP contribution in [0.25, 0.3) is 38.5 Å². The van der Waals surface area contributed by atoms with Crippen LogP contribution in [-0.2, 0) is 36.9 Å². The molecule has 3 N–H and O–H groups in total. The van der Waals surface area contributed by atoms with Crippen LogP contribution >= 0.6 is 11.6 Å². The fraction of sp³-hybridized carbons (Fsp3) is 0.256. The van der Waals surface area contributed by atoms with Crippen molar-refractivity contribution in [2.75, 3.05) is 18.1 Å². The SMILES string of the molecule is Cc1ccc2c3c(cccc13)C(/C=C/C1=C(Cl)C(=C/C=c3/c4cccc5c(S(=O)(=O)O)ccc(c54)n3CCCS(=O)(=O)O)/CCC1)=[N+]2CCCS(=O)(=O)O. The minimum Gasteiger partial charge on any atom is -0.340 e. The molecule has 1 aliphatic heterocycles. The van der Waals surface area contributed by atoms with Crippen molar-refractivity contribution in [2.24, 2.45) is 0 Å². The van der Waals surface area contributed by atoms with Gasteiger partial charge >= 0.3 is 0 Å². The monoisotopic (exact) mass is 809 g/mol. The fourth-order valence-corrected chi connectivity index (χ4v) is 9.76. The lowest BCUT2D eigenvalue weighted by Gasteiger charge is -2.16. The molecule has 0 bridgehead atoms. The zero-order valence-corrected chi connectivity index (χ0v) is 32.4. The van der Waals surface area contributed by atoms with Gasteiger partial charge in [-0.2, -0.15) is 29.8 Å². The second-order valence-corrected chi connectivity index (χ2v) is 18.6. The summed E-state index contributed by atoms with van der Waals surface area (Å²) >= 11 is 7.10. The van der Waals surface area contributed by atoms with Crippen LogP contribution in [0, 0.1) is 6.92 Å². The van der Waals surface area contributed by atoms with Gasteiger partial charge in [-0.3, -0.25) is 13.7 Å². The number of allylic oxidation sites excluding steroid dienone is 6. The molecule has 54 heavy (non-hydrogen) atoms. The van der Waals surface area contributed by atoms with Crippen molar-refractivity contribution >= 4 is 91.9 Å². The molecule has 11 nitrogen and oxygen atoms in total. The van der Waals surface area contributed by atoms with Gasteiger partial charge in [-0.1, -0.05) is 60.2 Å². The van der Waals surface area contributed by atoms with E-state index in [0.29, 0.717) is 45.0 Å². The average Bonchev–Trinajstić information content (AvgIpc) is 3.56. The molecule has 15 heteroatoms. The van der Waals surface area contributed by atoms with Crippen molar-refractivity contribution in [1.82, 2.24) is 4.57 Å². The van der Waals surface area contributed by atoms with E-state index in [4.69, 9.17) is 11.6 Å². The zero-order valence-electron chi connectivity index (χ0n) is 29.2. The summed E-state index contributed by atoms with van der Waals surface area (Å²) in [5, 5.41) is 5.07. The second kappa shape index (κ2) is 14.5. The van der Waals surface area contributed by atoms with E-state index in [-0.39, 0.29) is 30.0 Å². The van der Waals surface area contributed by atoms with Crippen molar-refractivity contribution in [1.29, 1.82) is 0 Å². The first kappa shape index (κ1) is 38.1. The number of hydrogen-bond acceptors (Lipinski definition) is 6. The van der Waals surface area contributed by atoms with Crippen LogP contribution in [-0.4, -0.2) is 71.8 Å². The van der Waals surface area contributed by atoms with Crippen molar-refractivity contribution in [3.05, 3.63) is 112 Å². The molecule has 2 heterocycles. The predicted molar refractivity (Wildman–Crippen MR) is 213 cm³/mol. The highest BCUT2D eigenvalue weighted by Crippen LogP contribution is 2.39. The Labute approximate surface area is 318 Å². The summed E-state index contributed by atoms with van der Waals surface area (Å²) in [6.45, 7) is 2.63. The van der Waals surface area contributed by atoms with Crippen LogP contribution in [0.2, 0.25) is 0 Å². The maximum Gasteiger partial charge on any atom is 0.295 e. The molecule has 0 fully saturated rings. The number of hydrogen-bond donors (Lipinski definition) is 3. The maximum absolute atomic E-state index is 12.3. The molecule has 5 aromatic rings. The lowest BCUT2D eigenvalue weighted by Crippen LogP contribution is -2.18. The fourth-order valence-electron chi connectivity index (χ4n) is 7.77. The Morgan fingerprint density at radius 3 is 2.22 bits per heavy atom. The molecule has 0 amide bonds. The summed E-state index contributed by atoms with van der Waals surface area (Å²) < 4.78 is 103. The molecule has 0 saturated carbocycles. The van der Waals surface area contributed by atoms with E-state index in [2.05, 4.69) is 17.6 Å². The highest BCUT2D eigenvalue weighted by molar-refractivity contribution is 7.86. The molecule has 1 aliphatic carbocycles. The zero-order chi connectivity index (χ0) is 38.6. The van der Waals surface area contributed by atoms with Gasteiger partial charge in [0.15, 0.2) is 6.54 Å². The van der Waals surface area contributed by atoms with Gasteiger partial charge in [0, 0.05) is 57.2 Å². The molecule has 1 aromatic heterocycles. The normalized spacial score (nSPS) is 16.8. The van der Waals surface area contributed by atoms with Gasteiger partial charge in [-0.15, -0.1) is 0 Å². The summed E-state index contributed by atoms with van der Waals surface area (Å²) in [6.07, 6.45) is 10.4. The maximum atomic E-state index is 12.3. The van der Waals surface area contributed by atoms with Crippen molar-refractivity contribution in [3.8, 4) is 0 Å². The molecule has 2 aliphatic rings. The largest absolute Gasteiger partial charge is 0.340 e. The first-order chi connectivity index (χ1) is 25.5. The Balaban J connectivity index is 1.31. The summed E-state index contributed by atoms with van der Waals surface area (Å²) in [7, 11) is -12.9. The third kappa shape index (κ3) is 7.56. The van der Waals surface area contributed by atoms with Crippen LogP contribution in [0.3, 0.4) is 0 Å². The Kier molecular flexibility index (Phi) is 10.2. The molecule has 7 rings (SSSR count). The number of halogens is 1. The van der Waals surface area contributed by atoms with Gasteiger partial charge in [0.2, 0.25) is 11.4 Å². The lowest BCUT2D eigenvalue weighted by molar-refractivity contribution is -0.435. The summed E-state index contributed by atoms with van der Waals surface area (Å²) in [5.74, 6) is -0.813. The van der Waals surface area contributed by atoms with E-state index >= 15 is 0 Å². The first-order valence-corrected chi connectivity index (χ1v) is 22.4. The van der Waals surface area contributed by atoms with Crippen LogP contribution in [0.5, 0.6) is 0 Å². The number of benzene rings is 4. The first-order valence-electron chi connectivity index (χ1n) is 17.4. The molecule has 0 atom stereocenters. The van der Waals surface area contributed by atoms with Gasteiger partial charge in [0.05, 0.1) is 22.5 Å². The van der Waals surface area contributed by atoms with Crippen LogP contribution < -0.4 is 5.35 Å². The number of aromatic nitrogens is 1. The third-order valence-electron chi connectivity index (χ3n) is 10.1. The molecule has 282 valence electrons. The smallest absolute Gasteiger partial charge is 0.295 e. The summed E-state index contributed by atoms with van der Waals surface area (Å²) in [5.41, 5.74) is 6.43. The minimum absolute atomic E-state index is 0.0979. The lowest BCUT2D eigenvalue weighted by atomic mass is 9.93. The van der Waals surface area contributed by atoms with Gasteiger partial charge in [-0.25, -0.2) is 0 Å². The van der Waals surface area contributed by atoms with Crippen LogP contribution in [0.1, 0.15) is 43.2 Å². The molecule has 0 unspecified atom stereocenters. The third-order valence-corrected chi connectivity index (χ3v) is 13.1. The number of rotatable bonds is 12. The van der Waals surface area contributed by atoms with E-state index in [1.807, 2.05) is 59.2 Å². The molecule has 0 saturated heterocycles. The van der Waals surface area contributed by atoms with Gasteiger partial charge in [0.1, 0.15) is 4.90 Å². The molecular weight excluding hydrogens is 772 g/mol. The van der Waals surface area contributed by atoms with Crippen LogP contribution in [0.15, 0.2) is 100.0 Å². The van der Waals surface area contributed by atoms with Crippen molar-refractivity contribution in [3.63, 3.8) is 0 Å². The Hall–Kier alpha value is -4.15. The number of aryl methyl sites for hydroxylation is 2. The summed E-state index contributed by atoms with van der Waals surface area (Å²) in [4.78, 5) is -0.234. The molecular formula is C39H38ClN2O9S3+. The Morgan fingerprint density at radius 1 is 0.778 bits per heavy atom. The second-order valence-electron chi connectivity index (χ2n) is 13.7. The Morgan fingerprint density at radius 2 is 1.48 bits per heavy atom. The van der Waals surface area contributed by atoms with E-state index < -0.39 is 36.1 Å². The van der Waals surface area contributed by atoms with Crippen molar-refractivity contribution < 1.29 is 43.5 Å². The van der Waals surface area contributed by atoms with E-state index in [1.54, 1.807) is 18.2 Å². The Bertz CT molecular complexity index is 2910. The summed E-state index contributed by atoms with van der Waals surface area (Å²) in [6, 6.07) is 18.2. The van der Waals surface area contributed by atoms with E-state index in [1.165, 1.54) is 6.07 Å². The standard InChI is InChI=1S/C39H37ClN2O9S3/c1-25-13-16-34-37-28(25)9-3-10-29(37)32(41(34)21-5-23-52(43,44)45)17-14-26-7-2-8-27(39(26)40)15-18-33-30-11-4-12-31-36(54(49,50)51)20-19-35(38(30)31)42(33)22-6-24-53(46,47)48/h3-4,9-20H,2,5-8,21-24H2,1H3,(H2-,43,44,45,46,47,48,49,50,51)/p+1.